The van der Waals surface area contributed by atoms with E-state index < -0.39 is 12.5 Å². The topological polar surface area (TPSA) is 58.6 Å². The van der Waals surface area contributed by atoms with Crippen LogP contribution >= 0.6 is 0 Å². The number of ether oxygens (including phenoxy) is 1. The fraction of sp³-hybridized carbons (Fsp3) is 0.259. The standard InChI is InChI=1S/C27H28F2N2O3/c1-18-13-19(2)15-24(14-18)31(3)26(33)21-7-11-23(12-8-21)30-25(32)16-20-5-9-22(10-6-20)27(28,29)17-34-4/h5-15H,16-17H2,1-4H3,(H,30,32). The first kappa shape index (κ1) is 25.1. The lowest BCUT2D eigenvalue weighted by atomic mass is 10.0. The molecule has 3 aromatic carbocycles. The van der Waals surface area contributed by atoms with Crippen molar-refractivity contribution in [1.82, 2.24) is 0 Å². The summed E-state index contributed by atoms with van der Waals surface area (Å²) in [6.45, 7) is 3.26. The molecule has 0 saturated carbocycles. The lowest BCUT2D eigenvalue weighted by molar-refractivity contribution is -0.115. The average Bonchev–Trinajstić information content (AvgIpc) is 2.78. The number of carbonyl (C=O) groups is 2. The van der Waals surface area contributed by atoms with Crippen LogP contribution < -0.4 is 10.2 Å². The van der Waals surface area contributed by atoms with Gasteiger partial charge in [0.2, 0.25) is 5.91 Å². The molecule has 3 rings (SSSR count). The van der Waals surface area contributed by atoms with Gasteiger partial charge in [0.25, 0.3) is 11.8 Å². The molecular weight excluding hydrogens is 438 g/mol. The first-order chi connectivity index (χ1) is 16.1. The molecule has 0 radical (unpaired) electrons. The summed E-state index contributed by atoms with van der Waals surface area (Å²) in [6.07, 6.45) is 0.0340. The number of rotatable bonds is 8. The minimum atomic E-state index is -3.08. The van der Waals surface area contributed by atoms with E-state index in [1.165, 1.54) is 31.4 Å². The van der Waals surface area contributed by atoms with Crippen molar-refractivity contribution in [2.24, 2.45) is 0 Å². The summed E-state index contributed by atoms with van der Waals surface area (Å²) in [7, 11) is 2.95. The van der Waals surface area contributed by atoms with Crippen LogP contribution in [0.3, 0.4) is 0 Å². The quantitative estimate of drug-likeness (QED) is 0.477. The van der Waals surface area contributed by atoms with Gasteiger partial charge in [0.1, 0.15) is 6.61 Å². The molecule has 2 amide bonds. The van der Waals surface area contributed by atoms with Gasteiger partial charge in [-0.2, -0.15) is 8.78 Å². The van der Waals surface area contributed by atoms with Crippen LogP contribution in [0, 0.1) is 13.8 Å². The highest BCUT2D eigenvalue weighted by molar-refractivity contribution is 6.06. The second-order valence-corrected chi connectivity index (χ2v) is 8.35. The van der Waals surface area contributed by atoms with Crippen molar-refractivity contribution in [2.45, 2.75) is 26.2 Å². The zero-order chi connectivity index (χ0) is 24.9. The summed E-state index contributed by atoms with van der Waals surface area (Å²) in [5.74, 6) is -3.53. The molecule has 0 spiro atoms. The van der Waals surface area contributed by atoms with Crippen molar-refractivity contribution in [3.63, 3.8) is 0 Å². The van der Waals surface area contributed by atoms with Crippen LogP contribution in [0.1, 0.15) is 32.6 Å². The first-order valence-electron chi connectivity index (χ1n) is 10.8. The number of benzene rings is 3. The predicted octanol–water partition coefficient (Wildman–Crippen LogP) is 5.50. The molecule has 0 unspecified atom stereocenters. The Morgan fingerprint density at radius 2 is 1.53 bits per heavy atom. The summed E-state index contributed by atoms with van der Waals surface area (Å²) >= 11 is 0. The SMILES string of the molecule is COCC(F)(F)c1ccc(CC(=O)Nc2ccc(C(=O)N(C)c3cc(C)cc(C)c3)cc2)cc1. The Labute approximate surface area is 198 Å². The monoisotopic (exact) mass is 466 g/mol. The number of carbonyl (C=O) groups excluding carboxylic acids is 2. The lowest BCUT2D eigenvalue weighted by Crippen LogP contribution is -2.26. The molecule has 0 fully saturated rings. The van der Waals surface area contributed by atoms with Crippen LogP contribution in [0.5, 0.6) is 0 Å². The van der Waals surface area contributed by atoms with E-state index in [2.05, 4.69) is 10.1 Å². The van der Waals surface area contributed by atoms with Crippen LogP contribution in [0.15, 0.2) is 66.7 Å². The van der Waals surface area contributed by atoms with Gasteiger partial charge in [0, 0.05) is 36.7 Å². The van der Waals surface area contributed by atoms with Gasteiger partial charge in [0.05, 0.1) is 6.42 Å². The van der Waals surface area contributed by atoms with E-state index >= 15 is 0 Å². The van der Waals surface area contributed by atoms with Crippen molar-refractivity contribution in [2.75, 3.05) is 31.0 Å². The number of nitrogens with one attached hydrogen (secondary N) is 1. The third-order valence-electron chi connectivity index (χ3n) is 5.38. The van der Waals surface area contributed by atoms with E-state index in [9.17, 15) is 18.4 Å². The number of hydrogen-bond donors (Lipinski definition) is 1. The second kappa shape index (κ2) is 10.6. The van der Waals surface area contributed by atoms with E-state index in [-0.39, 0.29) is 23.8 Å². The van der Waals surface area contributed by atoms with Gasteiger partial charge < -0.3 is 15.0 Å². The molecule has 178 valence electrons. The second-order valence-electron chi connectivity index (χ2n) is 8.35. The molecule has 0 aliphatic carbocycles. The van der Waals surface area contributed by atoms with Crippen molar-refractivity contribution >= 4 is 23.2 Å². The van der Waals surface area contributed by atoms with E-state index in [4.69, 9.17) is 0 Å². The maximum atomic E-state index is 13.9. The number of methoxy groups -OCH3 is 1. The number of halogens is 2. The highest BCUT2D eigenvalue weighted by atomic mass is 19.3. The Bertz CT molecular complexity index is 1140. The summed E-state index contributed by atoms with van der Waals surface area (Å²) in [5, 5.41) is 2.77. The van der Waals surface area contributed by atoms with Crippen molar-refractivity contribution in [3.8, 4) is 0 Å². The molecule has 3 aromatic rings. The molecule has 1 N–H and O–H groups in total. The molecule has 0 aromatic heterocycles. The van der Waals surface area contributed by atoms with Gasteiger partial charge in [-0.05, 0) is 66.9 Å². The molecule has 0 bridgehead atoms. The molecule has 5 nitrogen and oxygen atoms in total. The highest BCUT2D eigenvalue weighted by Gasteiger charge is 2.31. The molecule has 7 heteroatoms. The Hall–Kier alpha value is -3.58. The van der Waals surface area contributed by atoms with Gasteiger partial charge in [-0.25, -0.2) is 0 Å². The Morgan fingerprint density at radius 3 is 2.09 bits per heavy atom. The van der Waals surface area contributed by atoms with E-state index in [0.29, 0.717) is 16.8 Å². The predicted molar refractivity (Wildman–Crippen MR) is 130 cm³/mol. The highest BCUT2D eigenvalue weighted by Crippen LogP contribution is 2.28. The summed E-state index contributed by atoms with van der Waals surface area (Å²) < 4.78 is 32.3. The number of alkyl halides is 2. The zero-order valence-electron chi connectivity index (χ0n) is 19.7. The Morgan fingerprint density at radius 1 is 0.941 bits per heavy atom. The smallest absolute Gasteiger partial charge is 0.296 e. The molecule has 0 saturated heterocycles. The van der Waals surface area contributed by atoms with Gasteiger partial charge in [0.15, 0.2) is 0 Å². The van der Waals surface area contributed by atoms with Crippen LogP contribution in [0.4, 0.5) is 20.2 Å². The molecular formula is C27H28F2N2O3. The lowest BCUT2D eigenvalue weighted by Gasteiger charge is -2.19. The molecule has 0 atom stereocenters. The van der Waals surface area contributed by atoms with E-state index in [0.717, 1.165) is 16.8 Å². The number of anilines is 2. The number of aryl methyl sites for hydroxylation is 2. The number of nitrogens with zero attached hydrogens (tertiary/aromatic N) is 1. The minimum absolute atomic E-state index is 0.0340. The average molecular weight is 467 g/mol. The van der Waals surface area contributed by atoms with Crippen LogP contribution in [0.25, 0.3) is 0 Å². The van der Waals surface area contributed by atoms with Crippen LogP contribution in [-0.4, -0.2) is 32.6 Å². The number of amides is 2. The normalized spacial score (nSPS) is 11.2. The summed E-state index contributed by atoms with van der Waals surface area (Å²) in [6, 6.07) is 18.2. The third-order valence-corrected chi connectivity index (χ3v) is 5.38. The number of hydrogen-bond acceptors (Lipinski definition) is 3. The fourth-order valence-corrected chi connectivity index (χ4v) is 3.67. The van der Waals surface area contributed by atoms with E-state index in [1.807, 2.05) is 32.0 Å². The molecule has 0 aliphatic heterocycles. The summed E-state index contributed by atoms with van der Waals surface area (Å²) in [4.78, 5) is 26.8. The Balaban J connectivity index is 1.61. The zero-order valence-corrected chi connectivity index (χ0v) is 19.7. The van der Waals surface area contributed by atoms with E-state index in [1.54, 1.807) is 36.2 Å². The van der Waals surface area contributed by atoms with Gasteiger partial charge >= 0.3 is 0 Å². The Kier molecular flexibility index (Phi) is 7.79. The molecule has 34 heavy (non-hydrogen) atoms. The van der Waals surface area contributed by atoms with Crippen molar-refractivity contribution in [1.29, 1.82) is 0 Å². The molecule has 0 heterocycles. The van der Waals surface area contributed by atoms with Gasteiger partial charge in [-0.3, -0.25) is 9.59 Å². The maximum absolute atomic E-state index is 13.9. The third kappa shape index (κ3) is 6.26. The van der Waals surface area contributed by atoms with Gasteiger partial charge in [-0.1, -0.05) is 30.3 Å². The first-order valence-corrected chi connectivity index (χ1v) is 10.8. The largest absolute Gasteiger partial charge is 0.378 e. The maximum Gasteiger partial charge on any atom is 0.296 e. The van der Waals surface area contributed by atoms with Crippen molar-refractivity contribution < 1.29 is 23.1 Å². The van der Waals surface area contributed by atoms with Crippen molar-refractivity contribution in [3.05, 3.63) is 94.5 Å². The summed E-state index contributed by atoms with van der Waals surface area (Å²) in [5.41, 5.74) is 4.44. The fourth-order valence-electron chi connectivity index (χ4n) is 3.67. The van der Waals surface area contributed by atoms with Crippen LogP contribution in [0.2, 0.25) is 0 Å². The minimum Gasteiger partial charge on any atom is -0.378 e. The van der Waals surface area contributed by atoms with Gasteiger partial charge in [-0.15, -0.1) is 0 Å². The van der Waals surface area contributed by atoms with Crippen LogP contribution in [-0.2, 0) is 21.9 Å². The molecule has 0 aliphatic rings.